The van der Waals surface area contributed by atoms with Gasteiger partial charge in [0.25, 0.3) is 0 Å². The van der Waals surface area contributed by atoms with Crippen LogP contribution in [0.5, 0.6) is 0 Å². The number of nitrogen functional groups attached to an aromatic ring is 2. The van der Waals surface area contributed by atoms with Crippen molar-refractivity contribution < 1.29 is 37.0 Å². The highest BCUT2D eigenvalue weighted by atomic mass is 32.5. The Morgan fingerprint density at radius 3 is 2.44 bits per heavy atom. The summed E-state index contributed by atoms with van der Waals surface area (Å²) in [4.78, 5) is 41.7. The van der Waals surface area contributed by atoms with Gasteiger partial charge in [-0.1, -0.05) is 0 Å². The van der Waals surface area contributed by atoms with Gasteiger partial charge in [-0.25, -0.2) is 29.3 Å². The molecule has 21 heteroatoms. The Balaban J connectivity index is 1.12. The van der Waals surface area contributed by atoms with E-state index < -0.39 is 44.7 Å². The molecule has 1 aliphatic carbocycles. The van der Waals surface area contributed by atoms with Gasteiger partial charge in [0, 0.05) is 19.3 Å². The number of ether oxygens (including phenoxy) is 1. The number of anilines is 2. The number of halogens is 1. The number of hydrogen-bond acceptors (Lipinski definition) is 14. The molecule has 2 fully saturated rings. The minimum atomic E-state index is -3.97. The van der Waals surface area contributed by atoms with E-state index >= 15 is 4.39 Å². The van der Waals surface area contributed by atoms with Crippen LogP contribution < -0.4 is 11.5 Å². The highest BCUT2D eigenvalue weighted by Crippen LogP contribution is 2.52. The van der Waals surface area contributed by atoms with Crippen LogP contribution in [0.2, 0.25) is 0 Å². The minimum absolute atomic E-state index is 0.0469. The van der Waals surface area contributed by atoms with E-state index in [0.717, 1.165) is 0 Å². The van der Waals surface area contributed by atoms with Crippen LogP contribution in [0.3, 0.4) is 0 Å². The number of alkyl halides is 1. The number of nitrogens with zero attached hydrogens (tertiary/aromatic N) is 7. The molecule has 232 valence electrons. The van der Waals surface area contributed by atoms with Gasteiger partial charge in [0.05, 0.1) is 24.9 Å². The molecule has 0 radical (unpaired) electrons. The van der Waals surface area contributed by atoms with E-state index in [-0.39, 0.29) is 24.4 Å². The molecular weight excluding hydrogens is 647 g/mol. The van der Waals surface area contributed by atoms with Gasteiger partial charge in [-0.15, -0.1) is 0 Å². The highest BCUT2D eigenvalue weighted by molar-refractivity contribution is 8.07. The fraction of sp³-hybridized carbons (Fsp3) is 0.500. The van der Waals surface area contributed by atoms with E-state index in [1.807, 2.05) is 4.57 Å². The van der Waals surface area contributed by atoms with E-state index in [2.05, 4.69) is 24.9 Å². The summed E-state index contributed by atoms with van der Waals surface area (Å²) in [6, 6.07) is 1.72. The largest absolute Gasteiger partial charge is 0.383 e. The Hall–Kier alpha value is -2.28. The summed E-state index contributed by atoms with van der Waals surface area (Å²) in [6.07, 6.45) is 1.51. The first-order chi connectivity index (χ1) is 20.5. The molecule has 0 bridgehead atoms. The second kappa shape index (κ2) is 11.9. The molecule has 6 N–H and O–H groups in total. The normalized spacial score (nSPS) is 28.6. The molecular formula is C22H28FN9O7P2S2. The van der Waals surface area contributed by atoms with Crippen LogP contribution >= 0.6 is 13.4 Å². The smallest absolute Gasteiger partial charge is 0.324 e. The molecule has 43 heavy (non-hydrogen) atoms. The lowest BCUT2D eigenvalue weighted by Gasteiger charge is -2.36. The lowest BCUT2D eigenvalue weighted by Crippen LogP contribution is -2.34. The summed E-state index contributed by atoms with van der Waals surface area (Å²) in [5, 5.41) is 0.495. The monoisotopic (exact) mass is 675 g/mol. The quantitative estimate of drug-likeness (QED) is 0.168. The van der Waals surface area contributed by atoms with Gasteiger partial charge in [0.1, 0.15) is 41.8 Å². The summed E-state index contributed by atoms with van der Waals surface area (Å²) >= 11 is 10.2. The first kappa shape index (κ1) is 30.7. The van der Waals surface area contributed by atoms with Crippen molar-refractivity contribution in [3.05, 3.63) is 31.2 Å². The third kappa shape index (κ3) is 6.17. The van der Waals surface area contributed by atoms with E-state index in [0.29, 0.717) is 40.9 Å². The summed E-state index contributed by atoms with van der Waals surface area (Å²) < 4.78 is 46.8. The molecule has 16 nitrogen and oxygen atoms in total. The predicted molar refractivity (Wildman–Crippen MR) is 159 cm³/mol. The second-order valence-corrected chi connectivity index (χ2v) is 15.8. The standard InChI is InChI=1S/C22H28FN9O7P2S2/c1-35-40(33,42)37-7-14-17(15(23)22(38-14)31-3-2-13-18(24)26-8-28-20(13)31)39-41(34,43)36-6-11-4-12(5-11)32-10-30-16-19(25)27-9-29-21(16)32/h2-3,8-12,14-15,17,22H,4-7H2,1H3,(H,33,42)(H,34,43)(H2,24,26,28)(H2,25,27,29)/t11-,12+,14-,15+,17-,22-,40?,41?/m1/s1. The first-order valence-corrected chi connectivity index (χ1v) is 18.1. The van der Waals surface area contributed by atoms with Gasteiger partial charge in [0.15, 0.2) is 23.9 Å². The Morgan fingerprint density at radius 1 is 1.00 bits per heavy atom. The van der Waals surface area contributed by atoms with Gasteiger partial charge in [-0.2, -0.15) is 0 Å². The van der Waals surface area contributed by atoms with Crippen molar-refractivity contribution in [1.29, 1.82) is 0 Å². The molecule has 0 spiro atoms. The maximum absolute atomic E-state index is 16.0. The molecule has 0 aromatic carbocycles. The molecule has 2 unspecified atom stereocenters. The van der Waals surface area contributed by atoms with Crippen LogP contribution in [-0.4, -0.2) is 82.5 Å². The third-order valence-corrected chi connectivity index (χ3v) is 10.7. The fourth-order valence-electron chi connectivity index (χ4n) is 5.18. The van der Waals surface area contributed by atoms with Crippen molar-refractivity contribution in [2.75, 3.05) is 31.8 Å². The van der Waals surface area contributed by atoms with Crippen molar-refractivity contribution in [3.63, 3.8) is 0 Å². The maximum atomic E-state index is 16.0. The fourth-order valence-corrected chi connectivity index (χ4v) is 7.30. The van der Waals surface area contributed by atoms with E-state index in [1.165, 1.54) is 24.3 Å². The maximum Gasteiger partial charge on any atom is 0.324 e. The van der Waals surface area contributed by atoms with Crippen LogP contribution in [0, 0.1) is 5.92 Å². The minimum Gasteiger partial charge on any atom is -0.383 e. The molecule has 6 rings (SSSR count). The summed E-state index contributed by atoms with van der Waals surface area (Å²) in [5.41, 5.74) is 13.3. The second-order valence-electron chi connectivity index (χ2n) is 10.1. The SMILES string of the molecule is COP(O)(=S)OC[C@H]1O[C@@H](n2ccc3c(N)ncnc32)[C@@H](F)[C@@H]1OP(O)(=S)OC[C@H]1C[C@@H](n2cnc3c(N)ncnc32)C1. The molecule has 6 atom stereocenters. The topological polar surface area (TPSA) is 213 Å². The number of nitrogens with two attached hydrogens (primary N) is 2. The number of rotatable bonds is 11. The van der Waals surface area contributed by atoms with E-state index in [1.54, 1.807) is 18.6 Å². The van der Waals surface area contributed by atoms with E-state index in [9.17, 15) is 9.79 Å². The number of aromatic nitrogens is 7. The van der Waals surface area contributed by atoms with Gasteiger partial charge in [0.2, 0.25) is 0 Å². The molecule has 1 saturated heterocycles. The predicted octanol–water partition coefficient (Wildman–Crippen LogP) is 2.12. The average Bonchev–Trinajstić information content (AvgIpc) is 3.64. The van der Waals surface area contributed by atoms with Crippen molar-refractivity contribution in [3.8, 4) is 0 Å². The van der Waals surface area contributed by atoms with Gasteiger partial charge >= 0.3 is 13.4 Å². The highest BCUT2D eigenvalue weighted by Gasteiger charge is 2.50. The third-order valence-electron chi connectivity index (χ3n) is 7.43. The number of hydrogen-bond donors (Lipinski definition) is 4. The van der Waals surface area contributed by atoms with Crippen LogP contribution in [0.15, 0.2) is 31.2 Å². The molecule has 0 amide bonds. The summed E-state index contributed by atoms with van der Waals surface area (Å²) in [5.74, 6) is 0.561. The molecule has 2 aliphatic rings. The molecule has 4 aromatic heterocycles. The van der Waals surface area contributed by atoms with Crippen molar-refractivity contribution in [1.82, 2.24) is 34.1 Å². The Bertz CT molecular complexity index is 1740. The Labute approximate surface area is 254 Å². The number of imidazole rings is 1. The van der Waals surface area contributed by atoms with Crippen LogP contribution in [0.1, 0.15) is 25.1 Å². The number of fused-ring (bicyclic) bond motifs is 2. The Kier molecular flexibility index (Phi) is 8.51. The van der Waals surface area contributed by atoms with Gasteiger partial charge < -0.3 is 48.7 Å². The van der Waals surface area contributed by atoms with Crippen LogP contribution in [0.4, 0.5) is 16.0 Å². The molecule has 1 saturated carbocycles. The molecule has 5 heterocycles. The van der Waals surface area contributed by atoms with Crippen molar-refractivity contribution >= 4 is 70.9 Å². The van der Waals surface area contributed by atoms with Gasteiger partial charge in [-0.3, -0.25) is 4.52 Å². The Morgan fingerprint density at radius 2 is 1.70 bits per heavy atom. The lowest BCUT2D eigenvalue weighted by atomic mass is 9.81. The molecule has 1 aliphatic heterocycles. The summed E-state index contributed by atoms with van der Waals surface area (Å²) in [6.45, 7) is -7.91. The average molecular weight is 676 g/mol. The summed E-state index contributed by atoms with van der Waals surface area (Å²) in [7, 11) is 1.19. The van der Waals surface area contributed by atoms with Crippen molar-refractivity contribution in [2.45, 2.75) is 43.5 Å². The zero-order valence-corrected chi connectivity index (χ0v) is 25.9. The molecule has 4 aromatic rings. The van der Waals surface area contributed by atoms with Crippen molar-refractivity contribution in [2.24, 2.45) is 5.92 Å². The van der Waals surface area contributed by atoms with E-state index in [4.69, 9.17) is 57.9 Å². The lowest BCUT2D eigenvalue weighted by molar-refractivity contribution is -0.0424. The zero-order chi connectivity index (χ0) is 30.5. The first-order valence-electron chi connectivity index (χ1n) is 12.9. The van der Waals surface area contributed by atoms with Crippen LogP contribution in [-0.2, 0) is 46.4 Å². The zero-order valence-electron chi connectivity index (χ0n) is 22.5. The van der Waals surface area contributed by atoms with Gasteiger partial charge in [-0.05, 0) is 48.4 Å². The van der Waals surface area contributed by atoms with Crippen LogP contribution in [0.25, 0.3) is 22.2 Å².